The van der Waals surface area contributed by atoms with Crippen molar-refractivity contribution < 1.29 is 9.53 Å². The van der Waals surface area contributed by atoms with Crippen LogP contribution in [-0.2, 0) is 13.5 Å². The summed E-state index contributed by atoms with van der Waals surface area (Å²) in [4.78, 5) is 40.7. The molecule has 0 fully saturated rings. The Kier molecular flexibility index (Phi) is 4.24. The third kappa shape index (κ3) is 2.73. The molecule has 7 nitrogen and oxygen atoms in total. The third-order valence-corrected chi connectivity index (χ3v) is 4.32. The summed E-state index contributed by atoms with van der Waals surface area (Å²) in [7, 11) is 2.92. The smallest absolute Gasteiger partial charge is 0.328 e. The van der Waals surface area contributed by atoms with Crippen LogP contribution in [0.25, 0.3) is 0 Å². The van der Waals surface area contributed by atoms with E-state index in [-0.39, 0.29) is 5.56 Å². The Morgan fingerprint density at radius 1 is 1.25 bits per heavy atom. The number of amides is 1. The summed E-state index contributed by atoms with van der Waals surface area (Å²) in [6.45, 7) is 0.515. The molecule has 1 aromatic heterocycles. The first kappa shape index (κ1) is 16.0. The normalized spacial score (nSPS) is 14.0. The van der Waals surface area contributed by atoms with Crippen LogP contribution in [0.3, 0.4) is 0 Å². The topological polar surface area (TPSA) is 84.4 Å². The first-order valence-electron chi connectivity index (χ1n) is 7.80. The van der Waals surface area contributed by atoms with Gasteiger partial charge in [0.15, 0.2) is 0 Å². The van der Waals surface area contributed by atoms with Gasteiger partial charge in [-0.1, -0.05) is 6.07 Å². The van der Waals surface area contributed by atoms with Crippen molar-refractivity contribution >= 4 is 11.6 Å². The lowest BCUT2D eigenvalue weighted by Gasteiger charge is -2.23. The molecule has 0 atom stereocenters. The minimum atomic E-state index is -0.600. The number of anilines is 1. The van der Waals surface area contributed by atoms with Gasteiger partial charge in [-0.05, 0) is 30.9 Å². The second-order valence-electron chi connectivity index (χ2n) is 5.78. The molecule has 0 spiro atoms. The Balaban J connectivity index is 2.10. The summed E-state index contributed by atoms with van der Waals surface area (Å²) in [5.74, 6) is 0.242. The molecule has 0 saturated carbocycles. The number of hydrogen-bond donors (Lipinski definition) is 1. The Hall–Kier alpha value is -2.83. The largest absolute Gasteiger partial charge is 0.497 e. The van der Waals surface area contributed by atoms with Gasteiger partial charge >= 0.3 is 5.69 Å². The van der Waals surface area contributed by atoms with E-state index in [1.54, 1.807) is 12.0 Å². The highest BCUT2D eigenvalue weighted by atomic mass is 16.5. The number of carbonyl (C=O) groups excluding carboxylic acids is 1. The molecule has 24 heavy (non-hydrogen) atoms. The molecule has 0 aliphatic carbocycles. The van der Waals surface area contributed by atoms with Gasteiger partial charge in [0.05, 0.1) is 12.8 Å². The van der Waals surface area contributed by atoms with Crippen molar-refractivity contribution in [2.45, 2.75) is 19.3 Å². The zero-order chi connectivity index (χ0) is 17.3. The van der Waals surface area contributed by atoms with Gasteiger partial charge in [-0.15, -0.1) is 0 Å². The number of nitrogens with one attached hydrogen (secondary N) is 1. The van der Waals surface area contributed by atoms with E-state index in [4.69, 9.17) is 4.74 Å². The zero-order valence-corrected chi connectivity index (χ0v) is 13.7. The quantitative estimate of drug-likeness (QED) is 0.893. The molecule has 0 unspecified atom stereocenters. The van der Waals surface area contributed by atoms with Crippen molar-refractivity contribution in [1.82, 2.24) is 9.55 Å². The van der Waals surface area contributed by atoms with E-state index < -0.39 is 17.2 Å². The van der Waals surface area contributed by atoms with Gasteiger partial charge in [-0.25, -0.2) is 4.79 Å². The van der Waals surface area contributed by atoms with E-state index in [0.29, 0.717) is 12.3 Å². The predicted octanol–water partition coefficient (Wildman–Crippen LogP) is 1.07. The molecule has 126 valence electrons. The molecule has 1 amide bonds. The van der Waals surface area contributed by atoms with E-state index in [2.05, 4.69) is 4.98 Å². The standard InChI is InChI=1S/C17H19N3O4/c1-19-15(21)13(10-18-17(19)23)16(22)20-8-4-3-5-11-6-7-12(24-2)9-14(11)20/h6-7,9-10H,3-5,8H2,1-2H3,(H,18,23). The lowest BCUT2D eigenvalue weighted by atomic mass is 10.1. The van der Waals surface area contributed by atoms with Crippen LogP contribution in [0.15, 0.2) is 34.0 Å². The molecule has 1 aliphatic heterocycles. The molecule has 1 aromatic carbocycles. The fourth-order valence-electron chi connectivity index (χ4n) is 2.91. The second kappa shape index (κ2) is 6.35. The molecule has 7 heteroatoms. The van der Waals surface area contributed by atoms with Gasteiger partial charge in [0.1, 0.15) is 11.3 Å². The maximum Gasteiger partial charge on any atom is 0.328 e. The highest BCUT2D eigenvalue weighted by molar-refractivity contribution is 6.06. The molecule has 3 rings (SSSR count). The first-order valence-corrected chi connectivity index (χ1v) is 7.80. The number of aryl methyl sites for hydroxylation is 1. The molecular formula is C17H19N3O4. The number of benzene rings is 1. The van der Waals surface area contributed by atoms with E-state index in [1.165, 1.54) is 13.2 Å². The number of nitrogens with zero attached hydrogens (tertiary/aromatic N) is 2. The van der Waals surface area contributed by atoms with Crippen molar-refractivity contribution in [3.05, 3.63) is 56.4 Å². The van der Waals surface area contributed by atoms with E-state index in [0.717, 1.165) is 35.1 Å². The molecule has 0 saturated heterocycles. The van der Waals surface area contributed by atoms with Crippen molar-refractivity contribution in [3.63, 3.8) is 0 Å². The summed E-state index contributed by atoms with van der Waals surface area (Å²) in [5, 5.41) is 0. The summed E-state index contributed by atoms with van der Waals surface area (Å²) in [5.41, 5.74) is 0.604. The predicted molar refractivity (Wildman–Crippen MR) is 89.9 cm³/mol. The Morgan fingerprint density at radius 3 is 2.79 bits per heavy atom. The number of carbonyl (C=O) groups is 1. The molecule has 2 heterocycles. The van der Waals surface area contributed by atoms with Gasteiger partial charge in [-0.3, -0.25) is 14.2 Å². The lowest BCUT2D eigenvalue weighted by Crippen LogP contribution is -2.41. The molecule has 0 radical (unpaired) electrons. The average Bonchev–Trinajstić information content (AvgIpc) is 2.81. The summed E-state index contributed by atoms with van der Waals surface area (Å²) in [6, 6.07) is 5.63. The van der Waals surface area contributed by atoms with Gasteiger partial charge in [0.25, 0.3) is 11.5 Å². The number of rotatable bonds is 2. The molecule has 1 N–H and O–H groups in total. The SMILES string of the molecule is COc1ccc2c(c1)N(C(=O)c1c[nH]c(=O)n(C)c1=O)CCCC2. The van der Waals surface area contributed by atoms with Crippen LogP contribution in [0.1, 0.15) is 28.8 Å². The summed E-state index contributed by atoms with van der Waals surface area (Å²) >= 11 is 0. The van der Waals surface area contributed by atoms with E-state index in [9.17, 15) is 14.4 Å². The van der Waals surface area contributed by atoms with E-state index >= 15 is 0 Å². The second-order valence-corrected chi connectivity index (χ2v) is 5.78. The zero-order valence-electron chi connectivity index (χ0n) is 13.7. The summed E-state index contributed by atoms with van der Waals surface area (Å²) in [6.07, 6.45) is 3.86. The van der Waals surface area contributed by atoms with Crippen LogP contribution in [0.5, 0.6) is 5.75 Å². The van der Waals surface area contributed by atoms with Crippen molar-refractivity contribution in [2.75, 3.05) is 18.6 Å². The lowest BCUT2D eigenvalue weighted by molar-refractivity contribution is 0.0984. The molecular weight excluding hydrogens is 310 g/mol. The van der Waals surface area contributed by atoms with Crippen LogP contribution < -0.4 is 20.9 Å². The average molecular weight is 329 g/mol. The molecule has 0 bridgehead atoms. The third-order valence-electron chi connectivity index (χ3n) is 4.32. The number of aromatic amines is 1. The van der Waals surface area contributed by atoms with Gasteiger partial charge < -0.3 is 14.6 Å². The Bertz CT molecular complexity index is 897. The number of aromatic nitrogens is 2. The maximum atomic E-state index is 12.9. The highest BCUT2D eigenvalue weighted by Gasteiger charge is 2.25. The molecule has 2 aromatic rings. The fraction of sp³-hybridized carbons (Fsp3) is 0.353. The minimum absolute atomic E-state index is 0.0484. The Labute approximate surface area is 138 Å². The van der Waals surface area contributed by atoms with Crippen molar-refractivity contribution in [3.8, 4) is 5.75 Å². The van der Waals surface area contributed by atoms with Crippen LogP contribution >= 0.6 is 0 Å². The minimum Gasteiger partial charge on any atom is -0.497 e. The van der Waals surface area contributed by atoms with Crippen molar-refractivity contribution in [2.24, 2.45) is 7.05 Å². The number of methoxy groups -OCH3 is 1. The number of ether oxygens (including phenoxy) is 1. The number of hydrogen-bond acceptors (Lipinski definition) is 4. The molecule has 1 aliphatic rings. The van der Waals surface area contributed by atoms with Gasteiger partial charge in [0.2, 0.25) is 0 Å². The number of fused-ring (bicyclic) bond motifs is 1. The monoisotopic (exact) mass is 329 g/mol. The van der Waals surface area contributed by atoms with Crippen LogP contribution in [0.4, 0.5) is 5.69 Å². The maximum absolute atomic E-state index is 12.9. The highest BCUT2D eigenvalue weighted by Crippen LogP contribution is 2.31. The summed E-state index contributed by atoms with van der Waals surface area (Å²) < 4.78 is 6.16. The first-order chi connectivity index (χ1) is 11.5. The fourth-order valence-corrected chi connectivity index (χ4v) is 2.91. The Morgan fingerprint density at radius 2 is 2.04 bits per heavy atom. The van der Waals surface area contributed by atoms with E-state index in [1.807, 2.05) is 18.2 Å². The van der Waals surface area contributed by atoms with Crippen LogP contribution in [-0.4, -0.2) is 29.1 Å². The van der Waals surface area contributed by atoms with Crippen molar-refractivity contribution in [1.29, 1.82) is 0 Å². The van der Waals surface area contributed by atoms with Gasteiger partial charge in [-0.2, -0.15) is 0 Å². The van der Waals surface area contributed by atoms with Crippen LogP contribution in [0.2, 0.25) is 0 Å². The van der Waals surface area contributed by atoms with Crippen LogP contribution in [0, 0.1) is 0 Å². The number of H-pyrrole nitrogens is 1. The van der Waals surface area contributed by atoms with Gasteiger partial charge in [0, 0.05) is 25.9 Å².